The van der Waals surface area contributed by atoms with Crippen molar-refractivity contribution in [3.8, 4) is 0 Å². The lowest BCUT2D eigenvalue weighted by Gasteiger charge is -2.15. The summed E-state index contributed by atoms with van der Waals surface area (Å²) >= 11 is 3.16. The van der Waals surface area contributed by atoms with Gasteiger partial charge in [-0.3, -0.25) is 0 Å². The fourth-order valence-corrected chi connectivity index (χ4v) is 1.80. The highest BCUT2D eigenvalue weighted by molar-refractivity contribution is 9.10. The average Bonchev–Trinajstić information content (AvgIpc) is 2.32. The second-order valence-corrected chi connectivity index (χ2v) is 4.72. The van der Waals surface area contributed by atoms with Crippen molar-refractivity contribution in [2.45, 2.75) is 12.6 Å². The molecule has 1 aromatic rings. The molecular formula is C13H15BrF3NO. The van der Waals surface area contributed by atoms with Crippen molar-refractivity contribution in [1.82, 2.24) is 0 Å². The van der Waals surface area contributed by atoms with Crippen molar-refractivity contribution >= 4 is 21.6 Å². The molecule has 1 rings (SSSR count). The van der Waals surface area contributed by atoms with E-state index >= 15 is 0 Å². The number of halogens is 4. The first-order valence-corrected chi connectivity index (χ1v) is 6.53. The molecule has 1 aromatic carbocycles. The lowest BCUT2D eigenvalue weighted by atomic mass is 10.1. The summed E-state index contributed by atoms with van der Waals surface area (Å²) in [6, 6.07) is 3.83. The van der Waals surface area contributed by atoms with E-state index in [0.717, 1.165) is 12.5 Å². The fourth-order valence-electron chi connectivity index (χ4n) is 1.44. The monoisotopic (exact) mass is 337 g/mol. The van der Waals surface area contributed by atoms with E-state index in [1.54, 1.807) is 6.08 Å². The van der Waals surface area contributed by atoms with E-state index in [0.29, 0.717) is 24.2 Å². The Hall–Kier alpha value is -1.01. The molecule has 0 fully saturated rings. The van der Waals surface area contributed by atoms with Crippen LogP contribution in [-0.4, -0.2) is 19.8 Å². The van der Waals surface area contributed by atoms with Gasteiger partial charge in [-0.2, -0.15) is 13.2 Å². The van der Waals surface area contributed by atoms with Crippen LogP contribution in [0, 0.1) is 0 Å². The summed E-state index contributed by atoms with van der Waals surface area (Å²) in [7, 11) is 0. The Labute approximate surface area is 118 Å². The number of alkyl halides is 3. The van der Waals surface area contributed by atoms with E-state index in [9.17, 15) is 13.2 Å². The van der Waals surface area contributed by atoms with Crippen molar-refractivity contribution in [3.63, 3.8) is 0 Å². The summed E-state index contributed by atoms with van der Waals surface area (Å²) in [5.41, 5.74) is -0.629. The van der Waals surface area contributed by atoms with Crippen LogP contribution in [0.2, 0.25) is 0 Å². The minimum absolute atomic E-state index is 0.0502. The fraction of sp³-hybridized carbons (Fsp3) is 0.385. The predicted molar refractivity (Wildman–Crippen MR) is 73.3 cm³/mol. The summed E-state index contributed by atoms with van der Waals surface area (Å²) < 4.78 is 44.1. The van der Waals surface area contributed by atoms with Crippen LogP contribution in [0.5, 0.6) is 0 Å². The Balaban J connectivity index is 2.57. The van der Waals surface area contributed by atoms with Gasteiger partial charge in [-0.05, 0) is 24.6 Å². The molecule has 2 nitrogen and oxygen atoms in total. The van der Waals surface area contributed by atoms with Crippen LogP contribution in [0.25, 0.3) is 0 Å². The molecule has 0 atom stereocenters. The van der Waals surface area contributed by atoms with Gasteiger partial charge in [0, 0.05) is 16.7 Å². The Morgan fingerprint density at radius 2 is 2.05 bits per heavy atom. The van der Waals surface area contributed by atoms with E-state index in [2.05, 4.69) is 27.8 Å². The molecule has 0 amide bonds. The molecule has 0 saturated carbocycles. The smallest absolute Gasteiger partial charge is 0.382 e. The van der Waals surface area contributed by atoms with Gasteiger partial charge in [-0.25, -0.2) is 0 Å². The van der Waals surface area contributed by atoms with Gasteiger partial charge in [0.15, 0.2) is 0 Å². The highest BCUT2D eigenvalue weighted by Crippen LogP contribution is 2.36. The number of ether oxygens (including phenoxy) is 1. The molecular weight excluding hydrogens is 323 g/mol. The van der Waals surface area contributed by atoms with Crippen molar-refractivity contribution in [2.75, 3.05) is 25.1 Å². The molecule has 0 radical (unpaired) electrons. The zero-order chi connectivity index (χ0) is 14.3. The van der Waals surface area contributed by atoms with E-state index in [1.165, 1.54) is 12.1 Å². The van der Waals surface area contributed by atoms with Crippen molar-refractivity contribution in [3.05, 3.63) is 40.9 Å². The first kappa shape index (κ1) is 16.0. The number of benzene rings is 1. The molecule has 0 unspecified atom stereocenters. The summed E-state index contributed by atoms with van der Waals surface area (Å²) in [6.07, 6.45) is -1.92. The van der Waals surface area contributed by atoms with Crippen LogP contribution in [0.3, 0.4) is 0 Å². The summed E-state index contributed by atoms with van der Waals surface area (Å²) in [5.74, 6) is 0. The Morgan fingerprint density at radius 3 is 2.68 bits per heavy atom. The van der Waals surface area contributed by atoms with E-state index in [1.807, 2.05) is 0 Å². The molecule has 0 spiro atoms. The van der Waals surface area contributed by atoms with Gasteiger partial charge in [-0.1, -0.05) is 22.0 Å². The first-order chi connectivity index (χ1) is 8.95. The van der Waals surface area contributed by atoms with Crippen molar-refractivity contribution in [1.29, 1.82) is 0 Å². The van der Waals surface area contributed by atoms with Crippen LogP contribution < -0.4 is 5.32 Å². The van der Waals surface area contributed by atoms with Gasteiger partial charge in [-0.15, -0.1) is 6.58 Å². The molecule has 0 aliphatic carbocycles. The maximum Gasteiger partial charge on any atom is 0.418 e. The maximum absolute atomic E-state index is 12.8. The molecule has 19 heavy (non-hydrogen) atoms. The Morgan fingerprint density at radius 1 is 1.32 bits per heavy atom. The Bertz CT molecular complexity index is 421. The number of rotatable bonds is 7. The maximum atomic E-state index is 12.8. The van der Waals surface area contributed by atoms with Gasteiger partial charge in [0.25, 0.3) is 0 Å². The van der Waals surface area contributed by atoms with Gasteiger partial charge >= 0.3 is 6.18 Å². The largest absolute Gasteiger partial charge is 0.418 e. The third-order valence-electron chi connectivity index (χ3n) is 2.32. The molecule has 1 N–H and O–H groups in total. The average molecular weight is 338 g/mol. The molecule has 0 aliphatic rings. The molecule has 0 aromatic heterocycles. The normalized spacial score (nSPS) is 11.4. The number of anilines is 1. The van der Waals surface area contributed by atoms with Crippen LogP contribution in [0.4, 0.5) is 18.9 Å². The number of hydrogen-bond acceptors (Lipinski definition) is 2. The highest BCUT2D eigenvalue weighted by Gasteiger charge is 2.33. The first-order valence-electron chi connectivity index (χ1n) is 5.74. The quantitative estimate of drug-likeness (QED) is 0.585. The van der Waals surface area contributed by atoms with Crippen LogP contribution >= 0.6 is 15.9 Å². The molecule has 0 bridgehead atoms. The summed E-state index contributed by atoms with van der Waals surface area (Å²) in [6.45, 7) is 4.73. The van der Waals surface area contributed by atoms with E-state index in [-0.39, 0.29) is 5.69 Å². The van der Waals surface area contributed by atoms with Gasteiger partial charge in [0.05, 0.1) is 18.8 Å². The lowest BCUT2D eigenvalue weighted by Crippen LogP contribution is -2.14. The second kappa shape index (κ2) is 7.55. The Kier molecular flexibility index (Phi) is 6.37. The minimum atomic E-state index is -4.37. The van der Waals surface area contributed by atoms with E-state index < -0.39 is 11.7 Å². The van der Waals surface area contributed by atoms with Gasteiger partial charge < -0.3 is 10.1 Å². The van der Waals surface area contributed by atoms with Crippen LogP contribution in [0.15, 0.2) is 35.3 Å². The summed E-state index contributed by atoms with van der Waals surface area (Å²) in [5, 5.41) is 2.74. The van der Waals surface area contributed by atoms with Crippen molar-refractivity contribution < 1.29 is 17.9 Å². The topological polar surface area (TPSA) is 21.3 Å². The molecule has 0 saturated heterocycles. The molecule has 6 heteroatoms. The zero-order valence-corrected chi connectivity index (χ0v) is 11.9. The van der Waals surface area contributed by atoms with Crippen molar-refractivity contribution in [2.24, 2.45) is 0 Å². The standard InChI is InChI=1S/C13H15BrF3NO/c1-2-3-7-19-8-6-18-12-9-10(14)4-5-11(12)13(15,16)17/h2,4-5,9,18H,1,3,6-8H2. The lowest BCUT2D eigenvalue weighted by molar-refractivity contribution is -0.137. The SMILES string of the molecule is C=CCCOCCNc1cc(Br)ccc1C(F)(F)F. The van der Waals surface area contributed by atoms with Gasteiger partial charge in [0.2, 0.25) is 0 Å². The molecule has 0 heterocycles. The van der Waals surface area contributed by atoms with Gasteiger partial charge in [0.1, 0.15) is 0 Å². The summed E-state index contributed by atoms with van der Waals surface area (Å²) in [4.78, 5) is 0. The minimum Gasteiger partial charge on any atom is -0.382 e. The second-order valence-electron chi connectivity index (χ2n) is 3.80. The predicted octanol–water partition coefficient (Wildman–Crippen LogP) is 4.47. The molecule has 0 aliphatic heterocycles. The van der Waals surface area contributed by atoms with Crippen LogP contribution in [-0.2, 0) is 10.9 Å². The number of hydrogen-bond donors (Lipinski definition) is 1. The molecule has 106 valence electrons. The highest BCUT2D eigenvalue weighted by atomic mass is 79.9. The van der Waals surface area contributed by atoms with Crippen LogP contribution in [0.1, 0.15) is 12.0 Å². The third kappa shape index (κ3) is 5.65. The zero-order valence-electron chi connectivity index (χ0n) is 10.3. The van der Waals surface area contributed by atoms with E-state index in [4.69, 9.17) is 4.74 Å². The third-order valence-corrected chi connectivity index (χ3v) is 2.81. The number of nitrogens with one attached hydrogen (secondary N) is 1.